The molecule has 1 atom stereocenters. The lowest BCUT2D eigenvalue weighted by Gasteiger charge is -2.10. The highest BCUT2D eigenvalue weighted by atomic mass is 35.5. The van der Waals surface area contributed by atoms with Gasteiger partial charge in [0, 0.05) is 10.6 Å². The Kier molecular flexibility index (Phi) is 3.77. The molecule has 1 unspecified atom stereocenters. The summed E-state index contributed by atoms with van der Waals surface area (Å²) in [4.78, 5) is 0. The van der Waals surface area contributed by atoms with Crippen LogP contribution < -0.4 is 0 Å². The van der Waals surface area contributed by atoms with Gasteiger partial charge in [-0.2, -0.15) is 0 Å². The molecule has 0 aliphatic rings. The monoisotopic (exact) mass is 292 g/mol. The van der Waals surface area contributed by atoms with Crippen LogP contribution in [0.3, 0.4) is 0 Å². The molecule has 0 fully saturated rings. The highest BCUT2D eigenvalue weighted by molar-refractivity contribution is 7.20. The molecular weight excluding hydrogens is 287 g/mol. The summed E-state index contributed by atoms with van der Waals surface area (Å²) in [5.74, 6) is 0. The molecule has 1 aromatic heterocycles. The van der Waals surface area contributed by atoms with Crippen molar-refractivity contribution in [3.63, 3.8) is 0 Å². The number of benzene rings is 1. The molecule has 0 spiro atoms. The van der Waals surface area contributed by atoms with E-state index in [-0.39, 0.29) is 0 Å². The van der Waals surface area contributed by atoms with Gasteiger partial charge < -0.3 is 5.11 Å². The van der Waals surface area contributed by atoms with Crippen molar-refractivity contribution in [2.75, 3.05) is 0 Å². The van der Waals surface area contributed by atoms with Gasteiger partial charge in [-0.05, 0) is 23.8 Å². The minimum absolute atomic E-state index is 0.498. The van der Waals surface area contributed by atoms with Gasteiger partial charge in [-0.25, -0.2) is 0 Å². The normalized spacial score (nSPS) is 12.8. The van der Waals surface area contributed by atoms with Crippen LogP contribution in [0.4, 0.5) is 0 Å². The Morgan fingerprint density at radius 3 is 2.44 bits per heavy atom. The van der Waals surface area contributed by atoms with Crippen molar-refractivity contribution in [2.24, 2.45) is 0 Å². The fourth-order valence-electron chi connectivity index (χ4n) is 1.40. The van der Waals surface area contributed by atoms with Gasteiger partial charge >= 0.3 is 0 Å². The van der Waals surface area contributed by atoms with E-state index in [4.69, 9.17) is 34.8 Å². The molecule has 1 aromatic carbocycles. The first kappa shape index (κ1) is 12.2. The van der Waals surface area contributed by atoms with Crippen molar-refractivity contribution >= 4 is 46.1 Å². The second-order valence-corrected chi connectivity index (χ2v) is 5.96. The van der Waals surface area contributed by atoms with E-state index in [1.54, 1.807) is 30.3 Å². The molecule has 0 saturated carbocycles. The summed E-state index contributed by atoms with van der Waals surface area (Å²) in [6, 6.07) is 8.69. The average molecular weight is 294 g/mol. The van der Waals surface area contributed by atoms with Gasteiger partial charge in [0.1, 0.15) is 10.4 Å². The lowest BCUT2D eigenvalue weighted by atomic mass is 10.0. The van der Waals surface area contributed by atoms with E-state index < -0.39 is 6.10 Å². The second kappa shape index (κ2) is 4.94. The highest BCUT2D eigenvalue weighted by Gasteiger charge is 2.16. The van der Waals surface area contributed by atoms with Crippen LogP contribution in [0, 0.1) is 0 Å². The lowest BCUT2D eigenvalue weighted by molar-refractivity contribution is 0.221. The third-order valence-corrected chi connectivity index (χ3v) is 3.90. The Bertz CT molecular complexity index is 510. The fourth-order valence-corrected chi connectivity index (χ4v) is 3.11. The van der Waals surface area contributed by atoms with E-state index in [0.717, 1.165) is 0 Å². The molecule has 0 aliphatic heterocycles. The largest absolute Gasteiger partial charge is 0.384 e. The first-order valence-corrected chi connectivity index (χ1v) is 6.41. The van der Waals surface area contributed by atoms with Crippen LogP contribution >= 0.6 is 46.1 Å². The van der Waals surface area contributed by atoms with Gasteiger partial charge in [0.05, 0.1) is 4.34 Å². The summed E-state index contributed by atoms with van der Waals surface area (Å²) in [6.45, 7) is 0. The Labute approximate surface area is 112 Å². The summed E-state index contributed by atoms with van der Waals surface area (Å²) in [5, 5.41) is 10.7. The van der Waals surface area contributed by atoms with Gasteiger partial charge in [0.15, 0.2) is 0 Å². The Morgan fingerprint density at radius 2 is 1.88 bits per heavy atom. The molecule has 1 heterocycles. The lowest BCUT2D eigenvalue weighted by Crippen LogP contribution is -1.98. The van der Waals surface area contributed by atoms with E-state index >= 15 is 0 Å². The van der Waals surface area contributed by atoms with Crippen LogP contribution in [-0.2, 0) is 0 Å². The minimum atomic E-state index is -0.796. The highest BCUT2D eigenvalue weighted by Crippen LogP contribution is 2.37. The molecule has 0 bridgehead atoms. The zero-order valence-corrected chi connectivity index (χ0v) is 11.0. The molecule has 2 rings (SSSR count). The Hall–Kier alpha value is -0.250. The molecule has 2 aromatic rings. The number of rotatable bonds is 2. The number of hydrogen-bond donors (Lipinski definition) is 1. The third kappa shape index (κ3) is 2.53. The van der Waals surface area contributed by atoms with Crippen molar-refractivity contribution in [3.8, 4) is 0 Å². The van der Waals surface area contributed by atoms with Crippen molar-refractivity contribution in [3.05, 3.63) is 55.2 Å². The number of halogens is 3. The maximum absolute atomic E-state index is 10.1. The van der Waals surface area contributed by atoms with Gasteiger partial charge in [-0.15, -0.1) is 11.3 Å². The smallest absolute Gasteiger partial charge is 0.106 e. The summed E-state index contributed by atoms with van der Waals surface area (Å²) < 4.78 is 1.05. The zero-order chi connectivity index (χ0) is 11.7. The van der Waals surface area contributed by atoms with Gasteiger partial charge in [0.25, 0.3) is 0 Å². The molecule has 0 amide bonds. The molecule has 16 heavy (non-hydrogen) atoms. The van der Waals surface area contributed by atoms with E-state index in [1.165, 1.54) is 11.3 Å². The average Bonchev–Trinajstić information content (AvgIpc) is 2.57. The van der Waals surface area contributed by atoms with Crippen LogP contribution in [0.25, 0.3) is 0 Å². The standard InChI is InChI=1S/C11H7Cl3OS/c12-7-3-1-2-6(4-7)10(15)8-5-9(13)16-11(8)14/h1-5,10,15H. The van der Waals surface area contributed by atoms with Crippen LogP contribution in [0.1, 0.15) is 17.2 Å². The molecule has 0 aliphatic carbocycles. The molecule has 1 nitrogen and oxygen atoms in total. The quantitative estimate of drug-likeness (QED) is 0.844. The number of aliphatic hydroxyl groups excluding tert-OH is 1. The predicted octanol–water partition coefficient (Wildman–Crippen LogP) is 4.79. The Morgan fingerprint density at radius 1 is 1.12 bits per heavy atom. The second-order valence-electron chi connectivity index (χ2n) is 3.24. The predicted molar refractivity (Wildman–Crippen MR) is 69.9 cm³/mol. The van der Waals surface area contributed by atoms with Crippen molar-refractivity contribution in [2.45, 2.75) is 6.10 Å². The van der Waals surface area contributed by atoms with Gasteiger partial charge in [-0.1, -0.05) is 46.9 Å². The molecule has 84 valence electrons. The van der Waals surface area contributed by atoms with E-state index in [1.807, 2.05) is 0 Å². The van der Waals surface area contributed by atoms with Crippen molar-refractivity contribution in [1.29, 1.82) is 0 Å². The maximum Gasteiger partial charge on any atom is 0.106 e. The minimum Gasteiger partial charge on any atom is -0.384 e. The number of hydrogen-bond acceptors (Lipinski definition) is 2. The van der Waals surface area contributed by atoms with Crippen LogP contribution in [0.15, 0.2) is 30.3 Å². The van der Waals surface area contributed by atoms with Crippen molar-refractivity contribution in [1.82, 2.24) is 0 Å². The summed E-state index contributed by atoms with van der Waals surface area (Å²) >= 11 is 18.9. The van der Waals surface area contributed by atoms with Gasteiger partial charge in [-0.3, -0.25) is 0 Å². The first-order chi connectivity index (χ1) is 7.58. The van der Waals surface area contributed by atoms with Crippen molar-refractivity contribution < 1.29 is 5.11 Å². The van der Waals surface area contributed by atoms with E-state index in [0.29, 0.717) is 24.8 Å². The maximum atomic E-state index is 10.1. The topological polar surface area (TPSA) is 20.2 Å². The Balaban J connectivity index is 2.38. The van der Waals surface area contributed by atoms with Crippen LogP contribution in [-0.4, -0.2) is 5.11 Å². The third-order valence-electron chi connectivity index (χ3n) is 2.14. The molecule has 1 N–H and O–H groups in total. The number of aliphatic hydroxyl groups is 1. The molecule has 5 heteroatoms. The molecule has 0 radical (unpaired) electrons. The SMILES string of the molecule is OC(c1cccc(Cl)c1)c1cc(Cl)sc1Cl. The number of thiophene rings is 1. The molecular formula is C11H7Cl3OS. The van der Waals surface area contributed by atoms with E-state index in [2.05, 4.69) is 0 Å². The van der Waals surface area contributed by atoms with Crippen LogP contribution in [0.2, 0.25) is 13.7 Å². The fraction of sp³-hybridized carbons (Fsp3) is 0.0909. The zero-order valence-electron chi connectivity index (χ0n) is 7.95. The van der Waals surface area contributed by atoms with E-state index in [9.17, 15) is 5.11 Å². The summed E-state index contributed by atoms with van der Waals surface area (Å²) in [6.07, 6.45) is -0.796. The van der Waals surface area contributed by atoms with Gasteiger partial charge in [0.2, 0.25) is 0 Å². The first-order valence-electron chi connectivity index (χ1n) is 4.46. The summed E-state index contributed by atoms with van der Waals surface area (Å²) in [5.41, 5.74) is 1.31. The van der Waals surface area contributed by atoms with Crippen LogP contribution in [0.5, 0.6) is 0 Å². The molecule has 0 saturated heterocycles. The summed E-state index contributed by atoms with van der Waals surface area (Å²) in [7, 11) is 0.